The number of carbonyl (C=O) groups excluding carboxylic acids is 1. The predicted molar refractivity (Wildman–Crippen MR) is 122 cm³/mol. The highest BCUT2D eigenvalue weighted by atomic mass is 32.1. The number of para-hydroxylation sites is 1. The Kier molecular flexibility index (Phi) is 5.86. The first kappa shape index (κ1) is 22.4. The number of nitrogens with zero attached hydrogens (tertiary/aromatic N) is 1. The number of hydrogen-bond donors (Lipinski definition) is 2. The van der Waals surface area contributed by atoms with Gasteiger partial charge in [-0.25, -0.2) is 4.98 Å². The third-order valence-corrected chi connectivity index (χ3v) is 6.02. The maximum atomic E-state index is 14.0. The summed E-state index contributed by atoms with van der Waals surface area (Å²) in [6.07, 6.45) is -4.71. The van der Waals surface area contributed by atoms with Gasteiger partial charge >= 0.3 is 6.18 Å². The van der Waals surface area contributed by atoms with Crippen LogP contribution in [0.2, 0.25) is 0 Å². The van der Waals surface area contributed by atoms with Crippen LogP contribution in [0.1, 0.15) is 15.2 Å². The number of pyridine rings is 1. The zero-order valence-electron chi connectivity index (χ0n) is 17.5. The van der Waals surface area contributed by atoms with Gasteiger partial charge in [0.25, 0.3) is 5.91 Å². The van der Waals surface area contributed by atoms with Gasteiger partial charge in [-0.2, -0.15) is 13.2 Å². The molecular formula is C23H18F3N3O3S. The molecule has 6 nitrogen and oxygen atoms in total. The smallest absolute Gasteiger partial charge is 0.417 e. The number of nitrogens with one attached hydrogen (secondary N) is 1. The first-order chi connectivity index (χ1) is 15.7. The number of rotatable bonds is 5. The average Bonchev–Trinajstić information content (AvgIpc) is 3.14. The number of benzene rings is 2. The molecule has 170 valence electrons. The zero-order chi connectivity index (χ0) is 23.8. The van der Waals surface area contributed by atoms with Crippen molar-refractivity contribution in [1.29, 1.82) is 0 Å². The topological polar surface area (TPSA) is 86.5 Å². The number of aromatic nitrogens is 1. The second kappa shape index (κ2) is 8.62. The molecule has 0 saturated carbocycles. The van der Waals surface area contributed by atoms with Crippen molar-refractivity contribution in [3.63, 3.8) is 0 Å². The minimum absolute atomic E-state index is 0.00493. The molecule has 0 fully saturated rings. The molecule has 0 aliphatic carbocycles. The van der Waals surface area contributed by atoms with E-state index < -0.39 is 17.6 Å². The number of halogens is 3. The summed E-state index contributed by atoms with van der Waals surface area (Å²) < 4.78 is 52.4. The number of fused-ring (bicyclic) bond motifs is 1. The van der Waals surface area contributed by atoms with Crippen LogP contribution in [-0.2, 0) is 6.18 Å². The van der Waals surface area contributed by atoms with Crippen LogP contribution in [0.5, 0.6) is 11.5 Å². The Balaban J connectivity index is 1.86. The minimum atomic E-state index is -4.71. The van der Waals surface area contributed by atoms with E-state index in [1.807, 2.05) is 0 Å². The second-order valence-electron chi connectivity index (χ2n) is 6.97. The lowest BCUT2D eigenvalue weighted by atomic mass is 10.0. The van der Waals surface area contributed by atoms with Gasteiger partial charge in [-0.05, 0) is 36.4 Å². The number of nitrogen functional groups attached to an aromatic ring is 1. The molecule has 0 atom stereocenters. The van der Waals surface area contributed by atoms with Crippen molar-refractivity contribution < 1.29 is 27.4 Å². The van der Waals surface area contributed by atoms with Crippen molar-refractivity contribution in [2.75, 3.05) is 25.3 Å². The molecule has 2 aromatic carbocycles. The van der Waals surface area contributed by atoms with Crippen LogP contribution in [-0.4, -0.2) is 25.1 Å². The Hall–Kier alpha value is -3.79. The first-order valence-electron chi connectivity index (χ1n) is 9.62. The Morgan fingerprint density at radius 3 is 2.36 bits per heavy atom. The summed E-state index contributed by atoms with van der Waals surface area (Å²) in [6.45, 7) is 0. The van der Waals surface area contributed by atoms with E-state index in [1.165, 1.54) is 20.3 Å². The summed E-state index contributed by atoms with van der Waals surface area (Å²) in [4.78, 5) is 17.1. The number of hydrogen-bond acceptors (Lipinski definition) is 6. The zero-order valence-corrected chi connectivity index (χ0v) is 18.3. The molecule has 1 amide bonds. The third kappa shape index (κ3) is 4.29. The Morgan fingerprint density at radius 2 is 1.73 bits per heavy atom. The highest BCUT2D eigenvalue weighted by molar-refractivity contribution is 7.21. The van der Waals surface area contributed by atoms with Crippen molar-refractivity contribution in [1.82, 2.24) is 4.98 Å². The Morgan fingerprint density at radius 1 is 1.03 bits per heavy atom. The quantitative estimate of drug-likeness (QED) is 0.381. The number of nitrogens with two attached hydrogens (primary N) is 1. The Labute approximate surface area is 190 Å². The molecule has 2 heterocycles. The van der Waals surface area contributed by atoms with E-state index >= 15 is 0 Å². The maximum absolute atomic E-state index is 14.0. The van der Waals surface area contributed by atoms with Crippen LogP contribution in [0.15, 0.2) is 54.6 Å². The van der Waals surface area contributed by atoms with E-state index in [2.05, 4.69) is 10.3 Å². The fraction of sp³-hybridized carbons (Fsp3) is 0.130. The van der Waals surface area contributed by atoms with Crippen molar-refractivity contribution in [2.45, 2.75) is 6.18 Å². The molecular weight excluding hydrogens is 455 g/mol. The number of carbonyl (C=O) groups is 1. The molecule has 0 radical (unpaired) electrons. The summed E-state index contributed by atoms with van der Waals surface area (Å²) in [5.74, 6) is 0.167. The lowest BCUT2D eigenvalue weighted by Crippen LogP contribution is -2.12. The average molecular weight is 473 g/mol. The van der Waals surface area contributed by atoms with E-state index in [1.54, 1.807) is 42.5 Å². The summed E-state index contributed by atoms with van der Waals surface area (Å²) in [7, 11) is 2.89. The summed E-state index contributed by atoms with van der Waals surface area (Å²) in [5.41, 5.74) is 5.75. The van der Waals surface area contributed by atoms with Crippen molar-refractivity contribution in [2.24, 2.45) is 0 Å². The highest BCUT2D eigenvalue weighted by Gasteiger charge is 2.36. The van der Waals surface area contributed by atoms with Gasteiger partial charge in [0.05, 0.1) is 31.2 Å². The SMILES string of the molecule is COc1ccc(-c2cc(C(F)(F)F)c3c(N)c(C(=O)Nc4ccccc4)sc3n2)cc1OC. The molecule has 33 heavy (non-hydrogen) atoms. The number of alkyl halides is 3. The summed E-state index contributed by atoms with van der Waals surface area (Å²) in [5, 5.41) is 2.35. The first-order valence-corrected chi connectivity index (χ1v) is 10.4. The van der Waals surface area contributed by atoms with E-state index in [0.29, 0.717) is 22.7 Å². The standard InChI is InChI=1S/C23H18F3N3O3S/c1-31-16-9-8-12(10-17(16)32-2)15-11-14(23(24,25)26)18-19(27)20(33-22(18)29-15)21(30)28-13-6-4-3-5-7-13/h3-11H,27H2,1-2H3,(H,28,30). The largest absolute Gasteiger partial charge is 0.493 e. The second-order valence-corrected chi connectivity index (χ2v) is 7.97. The number of methoxy groups -OCH3 is 2. The number of anilines is 2. The summed E-state index contributed by atoms with van der Waals surface area (Å²) in [6, 6.07) is 14.2. The molecule has 0 unspecified atom stereocenters. The molecule has 0 saturated heterocycles. The number of ether oxygens (including phenoxy) is 2. The maximum Gasteiger partial charge on any atom is 0.417 e. The van der Waals surface area contributed by atoms with Gasteiger partial charge in [0.15, 0.2) is 11.5 Å². The van der Waals surface area contributed by atoms with E-state index in [9.17, 15) is 18.0 Å². The molecule has 0 bridgehead atoms. The predicted octanol–water partition coefficient (Wildman–Crippen LogP) is 5.83. The Bertz CT molecular complexity index is 1340. The number of amides is 1. The van der Waals surface area contributed by atoms with Crippen molar-refractivity contribution in [3.05, 3.63) is 65.0 Å². The van der Waals surface area contributed by atoms with Gasteiger partial charge < -0.3 is 20.5 Å². The van der Waals surface area contributed by atoms with Gasteiger partial charge in [0, 0.05) is 16.6 Å². The molecule has 4 aromatic rings. The molecule has 0 spiro atoms. The van der Waals surface area contributed by atoms with Crippen LogP contribution in [0, 0.1) is 0 Å². The van der Waals surface area contributed by atoms with E-state index in [0.717, 1.165) is 17.4 Å². The highest BCUT2D eigenvalue weighted by Crippen LogP contribution is 2.44. The van der Waals surface area contributed by atoms with Gasteiger partial charge in [0.1, 0.15) is 9.71 Å². The number of thiophene rings is 1. The van der Waals surface area contributed by atoms with E-state index in [4.69, 9.17) is 15.2 Å². The van der Waals surface area contributed by atoms with Gasteiger partial charge in [-0.3, -0.25) is 4.79 Å². The van der Waals surface area contributed by atoms with Crippen LogP contribution in [0.25, 0.3) is 21.5 Å². The lowest BCUT2D eigenvalue weighted by molar-refractivity contribution is -0.136. The molecule has 0 aliphatic rings. The lowest BCUT2D eigenvalue weighted by Gasteiger charge is -2.13. The molecule has 10 heteroatoms. The molecule has 4 rings (SSSR count). The fourth-order valence-electron chi connectivity index (χ4n) is 3.37. The normalized spacial score (nSPS) is 11.4. The third-order valence-electron chi connectivity index (χ3n) is 4.92. The molecule has 3 N–H and O–H groups in total. The van der Waals surface area contributed by atoms with Gasteiger partial charge in [-0.1, -0.05) is 18.2 Å². The van der Waals surface area contributed by atoms with Gasteiger partial charge in [-0.15, -0.1) is 11.3 Å². The van der Waals surface area contributed by atoms with Crippen LogP contribution >= 0.6 is 11.3 Å². The summed E-state index contributed by atoms with van der Waals surface area (Å²) >= 11 is 0.804. The van der Waals surface area contributed by atoms with E-state index in [-0.39, 0.29) is 26.5 Å². The van der Waals surface area contributed by atoms with Crippen molar-refractivity contribution in [3.8, 4) is 22.8 Å². The van der Waals surface area contributed by atoms with Crippen LogP contribution in [0.4, 0.5) is 24.5 Å². The van der Waals surface area contributed by atoms with Crippen LogP contribution in [0.3, 0.4) is 0 Å². The van der Waals surface area contributed by atoms with Crippen LogP contribution < -0.4 is 20.5 Å². The fourth-order valence-corrected chi connectivity index (χ4v) is 4.38. The van der Waals surface area contributed by atoms with Crippen molar-refractivity contribution >= 4 is 38.8 Å². The monoisotopic (exact) mass is 473 g/mol. The van der Waals surface area contributed by atoms with Gasteiger partial charge in [0.2, 0.25) is 0 Å². The molecule has 2 aromatic heterocycles. The molecule has 0 aliphatic heterocycles. The minimum Gasteiger partial charge on any atom is -0.493 e.